The zero-order chi connectivity index (χ0) is 16.1. The van der Waals surface area contributed by atoms with E-state index in [0.717, 1.165) is 0 Å². The molecule has 0 aliphatic rings. The second-order valence-electron chi connectivity index (χ2n) is 4.12. The summed E-state index contributed by atoms with van der Waals surface area (Å²) in [4.78, 5) is 16.1. The van der Waals surface area contributed by atoms with Gasteiger partial charge in [-0.2, -0.15) is 0 Å². The molecule has 22 heavy (non-hydrogen) atoms. The first kappa shape index (κ1) is 16.5. The van der Waals surface area contributed by atoms with Crippen molar-refractivity contribution in [2.24, 2.45) is 0 Å². The highest BCUT2D eigenvalue weighted by molar-refractivity contribution is 7.80. The maximum Gasteiger partial charge on any atom is 0.257 e. The molecular formula is C14H11Cl2N3O2S. The van der Waals surface area contributed by atoms with Gasteiger partial charge in [-0.25, -0.2) is 4.98 Å². The summed E-state index contributed by atoms with van der Waals surface area (Å²) >= 11 is 16.8. The summed E-state index contributed by atoms with van der Waals surface area (Å²) in [5, 5.41) is 6.28. The summed E-state index contributed by atoms with van der Waals surface area (Å²) in [6, 6.07) is 7.99. The van der Waals surface area contributed by atoms with E-state index in [2.05, 4.69) is 15.6 Å². The number of nitrogens with one attached hydrogen (secondary N) is 2. The lowest BCUT2D eigenvalue weighted by molar-refractivity contribution is 0.0977. The molecule has 0 unspecified atom stereocenters. The quantitative estimate of drug-likeness (QED) is 0.824. The van der Waals surface area contributed by atoms with Gasteiger partial charge in [-0.3, -0.25) is 10.1 Å². The van der Waals surface area contributed by atoms with Crippen LogP contribution in [0.5, 0.6) is 5.75 Å². The van der Waals surface area contributed by atoms with Crippen molar-refractivity contribution in [2.45, 2.75) is 0 Å². The Kier molecular flexibility index (Phi) is 5.54. The third-order valence-electron chi connectivity index (χ3n) is 2.61. The van der Waals surface area contributed by atoms with Crippen LogP contribution in [0.2, 0.25) is 10.0 Å². The number of ether oxygens (including phenoxy) is 1. The molecule has 5 nitrogen and oxygen atoms in total. The van der Waals surface area contributed by atoms with E-state index in [0.29, 0.717) is 27.2 Å². The van der Waals surface area contributed by atoms with Gasteiger partial charge in [0.15, 0.2) is 5.11 Å². The molecule has 0 spiro atoms. The van der Waals surface area contributed by atoms with Gasteiger partial charge >= 0.3 is 0 Å². The summed E-state index contributed by atoms with van der Waals surface area (Å²) in [5.74, 6) is 0.572. The number of hydrogen-bond donors (Lipinski definition) is 2. The molecule has 1 aromatic carbocycles. The Balaban J connectivity index is 2.00. The fourth-order valence-corrected chi connectivity index (χ4v) is 2.15. The van der Waals surface area contributed by atoms with Gasteiger partial charge in [-0.1, -0.05) is 23.2 Å². The van der Waals surface area contributed by atoms with Gasteiger partial charge in [-0.05, 0) is 42.5 Å². The number of aromatic nitrogens is 1. The number of thiocarbonyl (C=S) groups is 1. The molecule has 0 aliphatic heterocycles. The minimum absolute atomic E-state index is 0.117. The summed E-state index contributed by atoms with van der Waals surface area (Å²) < 4.78 is 5.03. The molecule has 2 aromatic rings. The molecule has 2 rings (SSSR count). The summed E-state index contributed by atoms with van der Waals surface area (Å²) in [6.45, 7) is 0. The number of rotatable bonds is 3. The van der Waals surface area contributed by atoms with Gasteiger partial charge in [0.2, 0.25) is 0 Å². The highest BCUT2D eigenvalue weighted by atomic mass is 35.5. The van der Waals surface area contributed by atoms with Crippen LogP contribution in [0.25, 0.3) is 0 Å². The van der Waals surface area contributed by atoms with E-state index in [-0.39, 0.29) is 5.11 Å². The van der Waals surface area contributed by atoms with Crippen LogP contribution in [0, 0.1) is 0 Å². The van der Waals surface area contributed by atoms with Crippen LogP contribution in [0.1, 0.15) is 10.4 Å². The largest absolute Gasteiger partial charge is 0.495 e. The number of carbonyl (C=O) groups is 1. The minimum atomic E-state index is -0.393. The topological polar surface area (TPSA) is 63.2 Å². The Morgan fingerprint density at radius 3 is 2.64 bits per heavy atom. The van der Waals surface area contributed by atoms with Gasteiger partial charge in [0.05, 0.1) is 17.2 Å². The van der Waals surface area contributed by atoms with Crippen LogP contribution >= 0.6 is 35.4 Å². The lowest BCUT2D eigenvalue weighted by Gasteiger charge is -2.10. The van der Waals surface area contributed by atoms with Crippen molar-refractivity contribution in [2.75, 3.05) is 12.4 Å². The Bertz CT molecular complexity index is 708. The number of carbonyl (C=O) groups excluding carboxylic acids is 1. The van der Waals surface area contributed by atoms with Gasteiger partial charge in [-0.15, -0.1) is 0 Å². The first-order valence-corrected chi connectivity index (χ1v) is 7.23. The van der Waals surface area contributed by atoms with E-state index in [1.54, 1.807) is 24.3 Å². The summed E-state index contributed by atoms with van der Waals surface area (Å²) in [5.41, 5.74) is 0.360. The molecule has 1 amide bonds. The molecule has 0 aliphatic carbocycles. The Labute approximate surface area is 142 Å². The SMILES string of the molecule is COc1ccc(C(=O)NC(=S)Nc2ccc(Cl)cn2)cc1Cl. The van der Waals surface area contributed by atoms with Gasteiger partial charge in [0.1, 0.15) is 11.6 Å². The van der Waals surface area contributed by atoms with Gasteiger partial charge in [0, 0.05) is 11.8 Å². The molecule has 0 radical (unpaired) electrons. The molecule has 2 N–H and O–H groups in total. The Morgan fingerprint density at radius 2 is 2.05 bits per heavy atom. The van der Waals surface area contributed by atoms with Gasteiger partial charge in [0.25, 0.3) is 5.91 Å². The number of methoxy groups -OCH3 is 1. The first-order valence-electron chi connectivity index (χ1n) is 6.07. The second kappa shape index (κ2) is 7.40. The number of halogens is 2. The molecule has 0 bridgehead atoms. The van der Waals surface area contributed by atoms with E-state index in [4.69, 9.17) is 40.2 Å². The molecule has 8 heteroatoms. The maximum absolute atomic E-state index is 12.1. The maximum atomic E-state index is 12.1. The molecule has 114 valence electrons. The first-order chi connectivity index (χ1) is 10.5. The number of hydrogen-bond acceptors (Lipinski definition) is 4. The molecule has 1 aromatic heterocycles. The van der Waals surface area contributed by atoms with Crippen molar-refractivity contribution < 1.29 is 9.53 Å². The Hall–Kier alpha value is -1.89. The third-order valence-corrected chi connectivity index (χ3v) is 3.33. The van der Waals surface area contributed by atoms with E-state index >= 15 is 0 Å². The fourth-order valence-electron chi connectivity index (χ4n) is 1.58. The highest BCUT2D eigenvalue weighted by Gasteiger charge is 2.11. The van der Waals surface area contributed by atoms with Crippen LogP contribution in [-0.2, 0) is 0 Å². The number of anilines is 1. The molecule has 0 saturated carbocycles. The van der Waals surface area contributed by atoms with Crippen LogP contribution < -0.4 is 15.4 Å². The lowest BCUT2D eigenvalue weighted by atomic mass is 10.2. The van der Waals surface area contributed by atoms with Crippen molar-refractivity contribution in [1.29, 1.82) is 0 Å². The minimum Gasteiger partial charge on any atom is -0.495 e. The van der Waals surface area contributed by atoms with Crippen molar-refractivity contribution in [3.63, 3.8) is 0 Å². The van der Waals surface area contributed by atoms with Gasteiger partial charge < -0.3 is 10.1 Å². The molecule has 0 saturated heterocycles. The zero-order valence-electron chi connectivity index (χ0n) is 11.4. The number of amides is 1. The predicted molar refractivity (Wildman–Crippen MR) is 90.9 cm³/mol. The predicted octanol–water partition coefficient (Wildman–Crippen LogP) is 3.52. The van der Waals surface area contributed by atoms with Crippen LogP contribution in [-0.4, -0.2) is 23.1 Å². The third kappa shape index (κ3) is 4.30. The van der Waals surface area contributed by atoms with Crippen LogP contribution in [0.3, 0.4) is 0 Å². The molecular weight excluding hydrogens is 345 g/mol. The van der Waals surface area contributed by atoms with Crippen molar-refractivity contribution >= 4 is 52.3 Å². The lowest BCUT2D eigenvalue weighted by Crippen LogP contribution is -2.34. The standard InChI is InChI=1S/C14H11Cl2N3O2S/c1-21-11-4-2-8(6-10(11)16)13(20)19-14(22)18-12-5-3-9(15)7-17-12/h2-7H,1H3,(H2,17,18,19,20,22). The van der Waals surface area contributed by atoms with Crippen molar-refractivity contribution in [3.05, 3.63) is 52.1 Å². The summed E-state index contributed by atoms with van der Waals surface area (Å²) in [7, 11) is 1.50. The smallest absolute Gasteiger partial charge is 0.257 e. The van der Waals surface area contributed by atoms with E-state index < -0.39 is 5.91 Å². The average Bonchev–Trinajstić information content (AvgIpc) is 2.49. The van der Waals surface area contributed by atoms with Crippen molar-refractivity contribution in [3.8, 4) is 5.75 Å². The van der Waals surface area contributed by atoms with Crippen LogP contribution in [0.15, 0.2) is 36.5 Å². The molecule has 0 atom stereocenters. The molecule has 0 fully saturated rings. The molecule has 1 heterocycles. The fraction of sp³-hybridized carbons (Fsp3) is 0.0714. The monoisotopic (exact) mass is 355 g/mol. The van der Waals surface area contributed by atoms with Crippen LogP contribution in [0.4, 0.5) is 5.82 Å². The van der Waals surface area contributed by atoms with Crippen molar-refractivity contribution in [1.82, 2.24) is 10.3 Å². The number of nitrogens with zero attached hydrogens (tertiary/aromatic N) is 1. The zero-order valence-corrected chi connectivity index (χ0v) is 13.7. The van der Waals surface area contributed by atoms with E-state index in [9.17, 15) is 4.79 Å². The highest BCUT2D eigenvalue weighted by Crippen LogP contribution is 2.24. The average molecular weight is 356 g/mol. The van der Waals surface area contributed by atoms with E-state index in [1.807, 2.05) is 0 Å². The number of benzene rings is 1. The van der Waals surface area contributed by atoms with E-state index in [1.165, 1.54) is 19.4 Å². The summed E-state index contributed by atoms with van der Waals surface area (Å²) in [6.07, 6.45) is 1.47. The normalized spacial score (nSPS) is 9.95. The number of pyridine rings is 1. The second-order valence-corrected chi connectivity index (χ2v) is 5.37. The Morgan fingerprint density at radius 1 is 1.27 bits per heavy atom.